The Morgan fingerprint density at radius 3 is 2.71 bits per heavy atom. The van der Waals surface area contributed by atoms with Gasteiger partial charge in [0.2, 0.25) is 0 Å². The van der Waals surface area contributed by atoms with Gasteiger partial charge in [-0.05, 0) is 24.3 Å². The first-order chi connectivity index (χ1) is 10.3. The van der Waals surface area contributed by atoms with E-state index in [1.807, 2.05) is 24.3 Å². The number of carbonyl (C=O) groups excluding carboxylic acids is 1. The second kappa shape index (κ2) is 5.92. The molecule has 0 spiro atoms. The number of hydrogen-bond donors (Lipinski definition) is 2. The summed E-state index contributed by atoms with van der Waals surface area (Å²) in [5, 5.41) is 2.69. The van der Waals surface area contributed by atoms with Crippen LogP contribution in [0.5, 0.6) is 5.75 Å². The molecule has 0 saturated heterocycles. The third-order valence-corrected chi connectivity index (χ3v) is 2.83. The quantitative estimate of drug-likeness (QED) is 0.768. The molecule has 0 bridgehead atoms. The number of H-pyrrole nitrogens is 1. The Hall–Kier alpha value is -3.08. The molecule has 3 aromatic rings. The Labute approximate surface area is 121 Å². The van der Waals surface area contributed by atoms with Crippen LogP contribution in [0.2, 0.25) is 0 Å². The molecule has 5 heteroatoms. The first-order valence-electron chi connectivity index (χ1n) is 6.45. The van der Waals surface area contributed by atoms with Gasteiger partial charge in [0.15, 0.2) is 0 Å². The van der Waals surface area contributed by atoms with E-state index in [-0.39, 0.29) is 0 Å². The number of ether oxygens (including phenoxy) is 1. The van der Waals surface area contributed by atoms with Crippen LogP contribution in [0.4, 0.5) is 10.5 Å². The number of rotatable bonds is 3. The minimum absolute atomic E-state index is 0.497. The Bertz CT molecular complexity index is 724. The number of hydrogen-bond acceptors (Lipinski definition) is 3. The highest BCUT2D eigenvalue weighted by Crippen LogP contribution is 2.19. The lowest BCUT2D eigenvalue weighted by Crippen LogP contribution is -2.16. The number of aromatic amines is 1. The van der Waals surface area contributed by atoms with Crippen LogP contribution in [0.15, 0.2) is 67.0 Å². The van der Waals surface area contributed by atoms with Crippen molar-refractivity contribution in [2.75, 3.05) is 5.32 Å². The van der Waals surface area contributed by atoms with Gasteiger partial charge in [-0.2, -0.15) is 0 Å². The van der Waals surface area contributed by atoms with E-state index in [1.54, 1.807) is 42.7 Å². The molecular formula is C16H13N3O2. The summed E-state index contributed by atoms with van der Waals surface area (Å²) in [6.07, 6.45) is 2.90. The fraction of sp³-hybridized carbons (Fsp3) is 0. The summed E-state index contributed by atoms with van der Waals surface area (Å²) in [6.45, 7) is 0. The number of aromatic nitrogens is 2. The third-order valence-electron chi connectivity index (χ3n) is 2.83. The van der Waals surface area contributed by atoms with Gasteiger partial charge < -0.3 is 9.72 Å². The van der Waals surface area contributed by atoms with Gasteiger partial charge in [-0.1, -0.05) is 30.3 Å². The number of carbonyl (C=O) groups is 1. The molecule has 0 saturated carbocycles. The summed E-state index contributed by atoms with van der Waals surface area (Å²) in [7, 11) is 0. The van der Waals surface area contributed by atoms with Crippen molar-refractivity contribution < 1.29 is 9.53 Å². The molecule has 1 aromatic heterocycles. The van der Waals surface area contributed by atoms with E-state index in [2.05, 4.69) is 15.3 Å². The van der Waals surface area contributed by atoms with Gasteiger partial charge in [0.05, 0.1) is 0 Å². The standard InChI is InChI=1S/C16H13N3O2/c20-16(21-14-7-2-1-3-8-14)19-13-6-4-5-12(11-13)15-17-9-10-18-15/h1-11H,(H,17,18)(H,19,20). The van der Waals surface area contributed by atoms with E-state index in [0.29, 0.717) is 11.4 Å². The van der Waals surface area contributed by atoms with Crippen molar-refractivity contribution in [1.29, 1.82) is 0 Å². The van der Waals surface area contributed by atoms with Gasteiger partial charge in [-0.25, -0.2) is 9.78 Å². The maximum absolute atomic E-state index is 11.8. The van der Waals surface area contributed by atoms with Crippen molar-refractivity contribution in [2.24, 2.45) is 0 Å². The van der Waals surface area contributed by atoms with E-state index < -0.39 is 6.09 Å². The van der Waals surface area contributed by atoms with Gasteiger partial charge in [0.25, 0.3) is 0 Å². The minimum Gasteiger partial charge on any atom is -0.410 e. The zero-order chi connectivity index (χ0) is 14.5. The number of para-hydroxylation sites is 1. The number of nitrogens with one attached hydrogen (secondary N) is 2. The molecule has 0 aliphatic carbocycles. The fourth-order valence-corrected chi connectivity index (χ4v) is 1.91. The van der Waals surface area contributed by atoms with Gasteiger partial charge in [-0.3, -0.25) is 5.32 Å². The minimum atomic E-state index is -0.530. The summed E-state index contributed by atoms with van der Waals surface area (Å²) < 4.78 is 5.18. The molecule has 21 heavy (non-hydrogen) atoms. The van der Waals surface area contributed by atoms with Crippen LogP contribution in [-0.4, -0.2) is 16.1 Å². The van der Waals surface area contributed by atoms with Crippen LogP contribution in [0.3, 0.4) is 0 Å². The van der Waals surface area contributed by atoms with Crippen molar-refractivity contribution >= 4 is 11.8 Å². The number of nitrogens with zero attached hydrogens (tertiary/aromatic N) is 1. The zero-order valence-electron chi connectivity index (χ0n) is 11.1. The van der Waals surface area contributed by atoms with Crippen molar-refractivity contribution in [3.05, 3.63) is 67.0 Å². The second-order valence-electron chi connectivity index (χ2n) is 4.35. The molecule has 2 aromatic carbocycles. The summed E-state index contributed by atoms with van der Waals surface area (Å²) in [6, 6.07) is 16.3. The van der Waals surface area contributed by atoms with Crippen molar-refractivity contribution in [1.82, 2.24) is 9.97 Å². The smallest absolute Gasteiger partial charge is 0.410 e. The van der Waals surface area contributed by atoms with Crippen molar-refractivity contribution in [3.63, 3.8) is 0 Å². The molecule has 0 aliphatic heterocycles. The highest BCUT2D eigenvalue weighted by atomic mass is 16.6. The van der Waals surface area contributed by atoms with Crippen molar-refractivity contribution in [3.8, 4) is 17.1 Å². The number of anilines is 1. The molecule has 0 aliphatic rings. The molecule has 0 atom stereocenters. The normalized spacial score (nSPS) is 10.1. The monoisotopic (exact) mass is 279 g/mol. The van der Waals surface area contributed by atoms with Crippen LogP contribution < -0.4 is 10.1 Å². The number of amides is 1. The van der Waals surface area contributed by atoms with Crippen LogP contribution in [0.25, 0.3) is 11.4 Å². The lowest BCUT2D eigenvalue weighted by Gasteiger charge is -2.07. The Morgan fingerprint density at radius 1 is 1.10 bits per heavy atom. The van der Waals surface area contributed by atoms with Gasteiger partial charge in [0.1, 0.15) is 11.6 Å². The maximum Gasteiger partial charge on any atom is 0.417 e. The lowest BCUT2D eigenvalue weighted by molar-refractivity contribution is 0.215. The van der Waals surface area contributed by atoms with Crippen molar-refractivity contribution in [2.45, 2.75) is 0 Å². The molecule has 3 rings (SSSR count). The summed E-state index contributed by atoms with van der Waals surface area (Å²) in [5.41, 5.74) is 1.53. The highest BCUT2D eigenvalue weighted by Gasteiger charge is 2.06. The summed E-state index contributed by atoms with van der Waals surface area (Å²) >= 11 is 0. The van der Waals surface area contributed by atoms with Gasteiger partial charge in [0, 0.05) is 23.6 Å². The molecule has 2 N–H and O–H groups in total. The molecule has 0 fully saturated rings. The SMILES string of the molecule is O=C(Nc1cccc(-c2ncc[nH]2)c1)Oc1ccccc1. The van der Waals surface area contributed by atoms with Crippen LogP contribution in [0.1, 0.15) is 0 Å². The van der Waals surface area contributed by atoms with Crippen LogP contribution >= 0.6 is 0 Å². The third kappa shape index (κ3) is 3.27. The molecule has 0 unspecified atom stereocenters. The van der Waals surface area contributed by atoms with Crippen LogP contribution in [0, 0.1) is 0 Å². The Balaban J connectivity index is 1.70. The maximum atomic E-state index is 11.8. The van der Waals surface area contributed by atoms with Gasteiger partial charge in [-0.15, -0.1) is 0 Å². The Kier molecular flexibility index (Phi) is 3.64. The molecule has 5 nitrogen and oxygen atoms in total. The van der Waals surface area contributed by atoms with E-state index in [4.69, 9.17) is 4.74 Å². The van der Waals surface area contributed by atoms with E-state index in [9.17, 15) is 4.79 Å². The van der Waals surface area contributed by atoms with Crippen LogP contribution in [-0.2, 0) is 0 Å². The number of benzene rings is 2. The lowest BCUT2D eigenvalue weighted by atomic mass is 10.2. The average molecular weight is 279 g/mol. The summed E-state index contributed by atoms with van der Waals surface area (Å²) in [4.78, 5) is 19.0. The average Bonchev–Trinajstić information content (AvgIpc) is 3.02. The molecular weight excluding hydrogens is 266 g/mol. The topological polar surface area (TPSA) is 67.0 Å². The largest absolute Gasteiger partial charge is 0.417 e. The second-order valence-corrected chi connectivity index (χ2v) is 4.35. The predicted octanol–water partition coefficient (Wildman–Crippen LogP) is 3.69. The summed E-state index contributed by atoms with van der Waals surface area (Å²) in [5.74, 6) is 1.24. The molecule has 1 amide bonds. The predicted molar refractivity (Wildman–Crippen MR) is 80.1 cm³/mol. The van der Waals surface area contributed by atoms with Gasteiger partial charge >= 0.3 is 6.09 Å². The fourth-order valence-electron chi connectivity index (χ4n) is 1.91. The molecule has 104 valence electrons. The molecule has 0 radical (unpaired) electrons. The van der Waals surface area contributed by atoms with E-state index in [1.165, 1.54) is 0 Å². The van der Waals surface area contributed by atoms with E-state index in [0.717, 1.165) is 11.4 Å². The number of imidazole rings is 1. The first kappa shape index (κ1) is 12.9. The first-order valence-corrected chi connectivity index (χ1v) is 6.45. The highest BCUT2D eigenvalue weighted by molar-refractivity contribution is 5.87. The Morgan fingerprint density at radius 2 is 1.95 bits per heavy atom. The van der Waals surface area contributed by atoms with E-state index >= 15 is 0 Å². The molecule has 1 heterocycles. The zero-order valence-corrected chi connectivity index (χ0v) is 11.1.